The van der Waals surface area contributed by atoms with E-state index in [1.807, 2.05) is 32.2 Å². The minimum absolute atomic E-state index is 0.0294. The van der Waals surface area contributed by atoms with E-state index >= 15 is 0 Å². The number of fused-ring (bicyclic) bond motifs is 1. The van der Waals surface area contributed by atoms with Gasteiger partial charge in [0.25, 0.3) is 5.91 Å². The second-order valence-corrected chi connectivity index (χ2v) is 11.7. The summed E-state index contributed by atoms with van der Waals surface area (Å²) in [5, 5.41) is 15.4. The van der Waals surface area contributed by atoms with Crippen molar-refractivity contribution in [1.29, 1.82) is 0 Å². The molecule has 3 N–H and O–H groups in total. The van der Waals surface area contributed by atoms with Crippen LogP contribution in [0.5, 0.6) is 5.75 Å². The molecule has 4 aromatic rings. The maximum Gasteiger partial charge on any atom is 0.323 e. The lowest BCUT2D eigenvalue weighted by molar-refractivity contribution is 0.0341. The molecular formula is C36H39FN4O4. The van der Waals surface area contributed by atoms with Gasteiger partial charge < -0.3 is 25.4 Å². The summed E-state index contributed by atoms with van der Waals surface area (Å²) < 4.78 is 19.8. The first-order valence-electron chi connectivity index (χ1n) is 15.1. The number of anilines is 2. The van der Waals surface area contributed by atoms with Crippen LogP contribution in [0.4, 0.5) is 20.6 Å². The zero-order valence-electron chi connectivity index (χ0n) is 25.7. The van der Waals surface area contributed by atoms with Crippen molar-refractivity contribution in [3.63, 3.8) is 0 Å². The van der Waals surface area contributed by atoms with Crippen LogP contribution >= 0.6 is 0 Å². The second-order valence-electron chi connectivity index (χ2n) is 11.7. The lowest BCUT2D eigenvalue weighted by atomic mass is 9.99. The number of amides is 3. The van der Waals surface area contributed by atoms with Crippen LogP contribution in [0.3, 0.4) is 0 Å². The van der Waals surface area contributed by atoms with E-state index in [0.717, 1.165) is 6.54 Å². The quantitative estimate of drug-likeness (QED) is 0.202. The summed E-state index contributed by atoms with van der Waals surface area (Å²) in [5.41, 5.74) is 4.64. The monoisotopic (exact) mass is 610 g/mol. The van der Waals surface area contributed by atoms with Crippen molar-refractivity contribution in [2.24, 2.45) is 5.92 Å². The molecule has 45 heavy (non-hydrogen) atoms. The normalized spacial score (nSPS) is 17.1. The Morgan fingerprint density at radius 2 is 1.62 bits per heavy atom. The summed E-state index contributed by atoms with van der Waals surface area (Å²) in [5.74, 6) is -0.305. The number of ether oxygens (including phenoxy) is 1. The molecule has 0 radical (unpaired) electrons. The molecule has 0 saturated carbocycles. The maximum atomic E-state index is 13.8. The predicted octanol–water partition coefficient (Wildman–Crippen LogP) is 6.49. The van der Waals surface area contributed by atoms with Gasteiger partial charge in [-0.2, -0.15) is 0 Å². The molecule has 0 saturated heterocycles. The fourth-order valence-electron chi connectivity index (χ4n) is 5.46. The fraction of sp³-hybridized carbons (Fsp3) is 0.278. The molecule has 0 unspecified atom stereocenters. The number of nitrogens with one attached hydrogen (secondary N) is 2. The lowest BCUT2D eigenvalue weighted by Crippen LogP contribution is -2.49. The molecule has 9 heteroatoms. The highest BCUT2D eigenvalue weighted by atomic mass is 19.1. The SMILES string of the molecule is C[C@@H]1CN([C@@H](C)CO)C(=O)c2cc(NC(=O)Nc3ccc(F)cc3)ccc2O[C@@H]1CN(C)Cc1ccc(-c2ccccc2)cc1. The van der Waals surface area contributed by atoms with Gasteiger partial charge in [-0.15, -0.1) is 0 Å². The number of benzene rings is 4. The van der Waals surface area contributed by atoms with Crippen LogP contribution in [-0.2, 0) is 6.54 Å². The van der Waals surface area contributed by atoms with Gasteiger partial charge in [-0.1, -0.05) is 61.5 Å². The molecule has 0 aromatic heterocycles. The molecule has 1 heterocycles. The van der Waals surface area contributed by atoms with Gasteiger partial charge in [-0.05, 0) is 73.1 Å². The Hall–Kier alpha value is -4.73. The fourth-order valence-corrected chi connectivity index (χ4v) is 5.46. The van der Waals surface area contributed by atoms with E-state index in [-0.39, 0.29) is 24.5 Å². The molecule has 0 spiro atoms. The van der Waals surface area contributed by atoms with Crippen molar-refractivity contribution in [2.45, 2.75) is 32.5 Å². The lowest BCUT2D eigenvalue weighted by Gasteiger charge is -2.38. The molecule has 5 rings (SSSR count). The first kappa shape index (κ1) is 31.7. The summed E-state index contributed by atoms with van der Waals surface area (Å²) >= 11 is 0. The second kappa shape index (κ2) is 14.4. The average Bonchev–Trinajstić information content (AvgIpc) is 3.04. The van der Waals surface area contributed by atoms with Gasteiger partial charge >= 0.3 is 6.03 Å². The number of rotatable bonds is 9. The minimum Gasteiger partial charge on any atom is -0.488 e. The smallest absolute Gasteiger partial charge is 0.323 e. The molecule has 0 fully saturated rings. The van der Waals surface area contributed by atoms with Gasteiger partial charge in [0.2, 0.25) is 0 Å². The Morgan fingerprint density at radius 1 is 0.978 bits per heavy atom. The van der Waals surface area contributed by atoms with E-state index in [1.54, 1.807) is 23.1 Å². The van der Waals surface area contributed by atoms with Crippen molar-refractivity contribution >= 4 is 23.3 Å². The summed E-state index contributed by atoms with van der Waals surface area (Å²) in [4.78, 5) is 30.3. The number of hydrogen-bond donors (Lipinski definition) is 3. The van der Waals surface area contributed by atoms with Crippen molar-refractivity contribution in [1.82, 2.24) is 9.80 Å². The van der Waals surface area contributed by atoms with Crippen LogP contribution in [0.25, 0.3) is 11.1 Å². The van der Waals surface area contributed by atoms with E-state index in [0.29, 0.717) is 35.8 Å². The van der Waals surface area contributed by atoms with Crippen molar-refractivity contribution in [2.75, 3.05) is 37.4 Å². The van der Waals surface area contributed by atoms with E-state index in [4.69, 9.17) is 4.74 Å². The first-order valence-corrected chi connectivity index (χ1v) is 15.1. The average molecular weight is 611 g/mol. The zero-order chi connectivity index (χ0) is 31.9. The zero-order valence-corrected chi connectivity index (χ0v) is 25.7. The molecule has 1 aliphatic rings. The van der Waals surface area contributed by atoms with E-state index in [2.05, 4.69) is 58.9 Å². The number of hydrogen-bond acceptors (Lipinski definition) is 5. The first-order chi connectivity index (χ1) is 21.7. The summed E-state index contributed by atoms with van der Waals surface area (Å²) in [6.07, 6.45) is -0.251. The van der Waals surface area contributed by atoms with E-state index in [9.17, 15) is 19.1 Å². The standard InChI is InChI=1S/C36H39FN4O4/c1-24-20-41(25(2)23-42)35(43)32-19-31(39-36(44)38-30-15-13-29(37)14-16-30)17-18-33(32)45-34(24)22-40(3)21-26-9-11-28(12-10-26)27-7-5-4-6-8-27/h4-19,24-25,34,42H,20-23H2,1-3H3,(H2,38,39,44)/t24-,25+,34-/m1/s1. The topological polar surface area (TPSA) is 94.1 Å². The minimum atomic E-state index is -0.536. The van der Waals surface area contributed by atoms with E-state index in [1.165, 1.54) is 41.0 Å². The van der Waals surface area contributed by atoms with Gasteiger partial charge in [-0.3, -0.25) is 9.69 Å². The molecule has 0 aliphatic carbocycles. The maximum absolute atomic E-state index is 13.8. The predicted molar refractivity (Wildman–Crippen MR) is 175 cm³/mol. The third-order valence-electron chi connectivity index (χ3n) is 8.03. The Balaban J connectivity index is 1.32. The molecule has 0 bridgehead atoms. The summed E-state index contributed by atoms with van der Waals surface area (Å²) in [7, 11) is 2.05. The van der Waals surface area contributed by atoms with Crippen LogP contribution < -0.4 is 15.4 Å². The van der Waals surface area contributed by atoms with Gasteiger partial charge in [0.05, 0.1) is 18.2 Å². The van der Waals surface area contributed by atoms with Crippen LogP contribution in [-0.4, -0.2) is 65.7 Å². The number of carbonyl (C=O) groups is 2. The number of likely N-dealkylation sites (N-methyl/N-ethyl adjacent to an activating group) is 1. The van der Waals surface area contributed by atoms with Crippen molar-refractivity contribution < 1.29 is 23.8 Å². The number of aliphatic hydroxyl groups excluding tert-OH is 1. The van der Waals surface area contributed by atoms with Crippen molar-refractivity contribution in [3.8, 4) is 16.9 Å². The molecule has 8 nitrogen and oxygen atoms in total. The van der Waals surface area contributed by atoms with E-state index < -0.39 is 17.9 Å². The largest absolute Gasteiger partial charge is 0.488 e. The van der Waals surface area contributed by atoms with Crippen molar-refractivity contribution in [3.05, 3.63) is 114 Å². The Bertz CT molecular complexity index is 1600. The number of halogens is 1. The number of aliphatic hydroxyl groups is 1. The van der Waals surface area contributed by atoms with Gasteiger partial charge in [0.1, 0.15) is 17.7 Å². The Morgan fingerprint density at radius 3 is 2.31 bits per heavy atom. The van der Waals surface area contributed by atoms with Crippen LogP contribution in [0, 0.1) is 11.7 Å². The Labute approximate surface area is 263 Å². The molecule has 3 amide bonds. The van der Waals surface area contributed by atoms with Crippen LogP contribution in [0.15, 0.2) is 97.1 Å². The summed E-state index contributed by atoms with van der Waals surface area (Å²) in [6.45, 7) is 5.40. The third-order valence-corrected chi connectivity index (χ3v) is 8.03. The Kier molecular flexibility index (Phi) is 10.1. The molecule has 234 valence electrons. The highest BCUT2D eigenvalue weighted by molar-refractivity contribution is 6.02. The van der Waals surface area contributed by atoms with Crippen LogP contribution in [0.1, 0.15) is 29.8 Å². The van der Waals surface area contributed by atoms with Gasteiger partial charge in [0, 0.05) is 36.9 Å². The summed E-state index contributed by atoms with van der Waals surface area (Å²) in [6, 6.07) is 28.2. The van der Waals surface area contributed by atoms with Gasteiger partial charge in [0.15, 0.2) is 0 Å². The number of nitrogens with zero attached hydrogens (tertiary/aromatic N) is 2. The molecule has 4 aromatic carbocycles. The molecule has 3 atom stereocenters. The molecular weight excluding hydrogens is 571 g/mol. The number of urea groups is 1. The highest BCUT2D eigenvalue weighted by Crippen LogP contribution is 2.31. The third kappa shape index (κ3) is 8.06. The molecule has 1 aliphatic heterocycles. The van der Waals surface area contributed by atoms with Crippen LogP contribution in [0.2, 0.25) is 0 Å². The number of carbonyl (C=O) groups excluding carboxylic acids is 2. The highest BCUT2D eigenvalue weighted by Gasteiger charge is 2.33. The van der Waals surface area contributed by atoms with Gasteiger partial charge in [-0.25, -0.2) is 9.18 Å².